The molecule has 1 heterocycles. The molecule has 2 rings (SSSR count). The number of ether oxygens (including phenoxy) is 1. The number of nitrogens with two attached hydrogens (primary N) is 1. The van der Waals surface area contributed by atoms with Crippen LogP contribution in [0.4, 0.5) is 0 Å². The summed E-state index contributed by atoms with van der Waals surface area (Å²) in [7, 11) is -3.51. The summed E-state index contributed by atoms with van der Waals surface area (Å²) >= 11 is 1.34. The molecule has 0 bridgehead atoms. The summed E-state index contributed by atoms with van der Waals surface area (Å²) in [5.74, 6) is 0.713. The smallest absolute Gasteiger partial charge is 0.241 e. The van der Waals surface area contributed by atoms with Crippen molar-refractivity contribution in [1.29, 1.82) is 0 Å². The fourth-order valence-corrected chi connectivity index (χ4v) is 4.00. The molecule has 0 saturated heterocycles. The maximum atomic E-state index is 12.1. The van der Waals surface area contributed by atoms with Crippen molar-refractivity contribution in [3.05, 3.63) is 46.7 Å². The van der Waals surface area contributed by atoms with Crippen LogP contribution in [-0.4, -0.2) is 21.6 Å². The summed E-state index contributed by atoms with van der Waals surface area (Å²) in [6.45, 7) is 0.691. The Bertz CT molecular complexity index is 639. The largest absolute Gasteiger partial charge is 0.492 e. The summed E-state index contributed by atoms with van der Waals surface area (Å²) < 4.78 is 32.1. The highest BCUT2D eigenvalue weighted by Gasteiger charge is 2.18. The maximum Gasteiger partial charge on any atom is 0.241 e. The maximum absolute atomic E-state index is 12.1. The molecule has 0 unspecified atom stereocenters. The van der Waals surface area contributed by atoms with Crippen LogP contribution >= 0.6 is 11.3 Å². The van der Waals surface area contributed by atoms with Gasteiger partial charge in [-0.3, -0.25) is 0 Å². The molecular weight excluding hydrogens is 296 g/mol. The predicted molar refractivity (Wildman–Crippen MR) is 79.3 cm³/mol. The molecule has 0 aliphatic carbocycles. The number of rotatable bonds is 7. The number of sulfonamides is 1. The van der Waals surface area contributed by atoms with Gasteiger partial charge in [-0.05, 0) is 23.6 Å². The van der Waals surface area contributed by atoms with Crippen molar-refractivity contribution in [3.63, 3.8) is 0 Å². The third-order valence-electron chi connectivity index (χ3n) is 2.59. The second-order valence-electron chi connectivity index (χ2n) is 3.97. The highest BCUT2D eigenvalue weighted by molar-refractivity contribution is 7.89. The molecule has 108 valence electrons. The molecule has 0 spiro atoms. The molecule has 1 aromatic heterocycles. The topological polar surface area (TPSA) is 81.4 Å². The number of hydrogen-bond donors (Lipinski definition) is 2. The molecule has 7 heteroatoms. The third kappa shape index (κ3) is 3.80. The van der Waals surface area contributed by atoms with Crippen LogP contribution in [0.5, 0.6) is 5.75 Å². The van der Waals surface area contributed by atoms with Gasteiger partial charge in [-0.15, -0.1) is 11.3 Å². The molecule has 2 aromatic rings. The van der Waals surface area contributed by atoms with Gasteiger partial charge in [0.15, 0.2) is 0 Å². The van der Waals surface area contributed by atoms with E-state index < -0.39 is 10.0 Å². The molecule has 5 nitrogen and oxygen atoms in total. The van der Waals surface area contributed by atoms with E-state index in [0.717, 1.165) is 0 Å². The van der Waals surface area contributed by atoms with Crippen LogP contribution in [0.1, 0.15) is 4.88 Å². The van der Waals surface area contributed by atoms with E-state index in [-0.39, 0.29) is 24.6 Å². The highest BCUT2D eigenvalue weighted by Crippen LogP contribution is 2.20. The lowest BCUT2D eigenvalue weighted by Gasteiger charge is -2.08. The van der Waals surface area contributed by atoms with E-state index in [1.165, 1.54) is 11.3 Å². The van der Waals surface area contributed by atoms with Crippen molar-refractivity contribution in [2.24, 2.45) is 5.73 Å². The van der Waals surface area contributed by atoms with Gasteiger partial charge in [-0.2, -0.15) is 0 Å². The Hall–Kier alpha value is -1.41. The Morgan fingerprint density at radius 3 is 2.65 bits per heavy atom. The Balaban J connectivity index is 1.87. The third-order valence-corrected chi connectivity index (χ3v) is 5.20. The fraction of sp³-hybridized carbons (Fsp3) is 0.231. The Morgan fingerprint density at radius 2 is 1.95 bits per heavy atom. The van der Waals surface area contributed by atoms with E-state index in [0.29, 0.717) is 10.6 Å². The normalized spacial score (nSPS) is 11.4. The molecule has 0 saturated carbocycles. The van der Waals surface area contributed by atoms with E-state index in [2.05, 4.69) is 4.72 Å². The summed E-state index contributed by atoms with van der Waals surface area (Å²) in [5, 5.41) is 1.72. The molecule has 0 fully saturated rings. The van der Waals surface area contributed by atoms with Crippen LogP contribution in [0.25, 0.3) is 0 Å². The predicted octanol–water partition coefficient (Wildman–Crippen LogP) is 1.56. The molecule has 0 atom stereocenters. The monoisotopic (exact) mass is 312 g/mol. The van der Waals surface area contributed by atoms with E-state index in [1.807, 2.05) is 30.3 Å². The zero-order valence-electron chi connectivity index (χ0n) is 10.8. The zero-order valence-corrected chi connectivity index (χ0v) is 12.4. The molecule has 0 aliphatic heterocycles. The van der Waals surface area contributed by atoms with Crippen LogP contribution in [0.3, 0.4) is 0 Å². The number of benzene rings is 1. The van der Waals surface area contributed by atoms with Gasteiger partial charge in [0.1, 0.15) is 12.4 Å². The second-order valence-corrected chi connectivity index (χ2v) is 6.71. The van der Waals surface area contributed by atoms with Crippen LogP contribution < -0.4 is 15.2 Å². The number of hydrogen-bond acceptors (Lipinski definition) is 5. The standard InChI is InChI=1S/C13H16N2O3S2/c14-10-12-13(6-9-19-12)20(16,17)15-7-8-18-11-4-2-1-3-5-11/h1-6,9,15H,7-8,10,14H2. The molecule has 0 aliphatic rings. The lowest BCUT2D eigenvalue weighted by Crippen LogP contribution is -2.28. The summed E-state index contributed by atoms with van der Waals surface area (Å²) in [6, 6.07) is 10.8. The summed E-state index contributed by atoms with van der Waals surface area (Å²) in [6.07, 6.45) is 0. The Kier molecular flexibility index (Phi) is 5.13. The minimum Gasteiger partial charge on any atom is -0.492 e. The van der Waals surface area contributed by atoms with Crippen molar-refractivity contribution in [2.45, 2.75) is 11.4 Å². The zero-order chi connectivity index (χ0) is 14.4. The first kappa shape index (κ1) is 15.0. The lowest BCUT2D eigenvalue weighted by atomic mass is 10.3. The molecule has 1 aromatic carbocycles. The van der Waals surface area contributed by atoms with Crippen LogP contribution in [0.2, 0.25) is 0 Å². The lowest BCUT2D eigenvalue weighted by molar-refractivity contribution is 0.323. The average molecular weight is 312 g/mol. The SMILES string of the molecule is NCc1sccc1S(=O)(=O)NCCOc1ccccc1. The first-order valence-corrected chi connectivity index (χ1v) is 8.44. The second kappa shape index (κ2) is 6.85. The minimum atomic E-state index is -3.51. The van der Waals surface area contributed by atoms with Gasteiger partial charge in [0.05, 0.1) is 4.90 Å². The molecule has 0 amide bonds. The van der Waals surface area contributed by atoms with E-state index >= 15 is 0 Å². The number of thiophene rings is 1. The van der Waals surface area contributed by atoms with Crippen LogP contribution in [0, 0.1) is 0 Å². The minimum absolute atomic E-state index is 0.205. The first-order valence-electron chi connectivity index (χ1n) is 6.07. The van der Waals surface area contributed by atoms with Gasteiger partial charge in [0.25, 0.3) is 0 Å². The number of nitrogens with one attached hydrogen (secondary N) is 1. The fourth-order valence-electron chi connectivity index (χ4n) is 1.66. The number of para-hydroxylation sites is 1. The van der Waals surface area contributed by atoms with Crippen molar-refractivity contribution in [3.8, 4) is 5.75 Å². The van der Waals surface area contributed by atoms with Crippen molar-refractivity contribution < 1.29 is 13.2 Å². The average Bonchev–Trinajstić information content (AvgIpc) is 2.94. The highest BCUT2D eigenvalue weighted by atomic mass is 32.2. The molecule has 0 radical (unpaired) electrons. The van der Waals surface area contributed by atoms with E-state index in [9.17, 15) is 8.42 Å². The van der Waals surface area contributed by atoms with Crippen LogP contribution in [0.15, 0.2) is 46.7 Å². The quantitative estimate of drug-likeness (QED) is 0.760. The van der Waals surface area contributed by atoms with Crippen molar-refractivity contribution in [2.75, 3.05) is 13.2 Å². The first-order chi connectivity index (χ1) is 9.63. The van der Waals surface area contributed by atoms with Crippen molar-refractivity contribution in [1.82, 2.24) is 4.72 Å². The van der Waals surface area contributed by atoms with Gasteiger partial charge in [0.2, 0.25) is 10.0 Å². The Morgan fingerprint density at radius 1 is 1.20 bits per heavy atom. The van der Waals surface area contributed by atoms with Gasteiger partial charge < -0.3 is 10.5 Å². The van der Waals surface area contributed by atoms with E-state index in [1.54, 1.807) is 11.4 Å². The molecule has 3 N–H and O–H groups in total. The van der Waals surface area contributed by atoms with Gasteiger partial charge in [-0.25, -0.2) is 13.1 Å². The van der Waals surface area contributed by atoms with Gasteiger partial charge >= 0.3 is 0 Å². The molecular formula is C13H16N2O3S2. The summed E-state index contributed by atoms with van der Waals surface area (Å²) in [5.41, 5.74) is 5.52. The van der Waals surface area contributed by atoms with Crippen LogP contribution in [-0.2, 0) is 16.6 Å². The van der Waals surface area contributed by atoms with Crippen molar-refractivity contribution >= 4 is 21.4 Å². The van der Waals surface area contributed by atoms with Gasteiger partial charge in [-0.1, -0.05) is 18.2 Å². The molecule has 20 heavy (non-hydrogen) atoms. The summed E-state index contributed by atoms with van der Waals surface area (Å²) in [4.78, 5) is 0.909. The van der Waals surface area contributed by atoms with Gasteiger partial charge in [0, 0.05) is 18.0 Å². The van der Waals surface area contributed by atoms with E-state index in [4.69, 9.17) is 10.5 Å². The Labute approximate surface area is 122 Å².